The van der Waals surface area contributed by atoms with E-state index in [0.717, 1.165) is 10.7 Å². The lowest BCUT2D eigenvalue weighted by atomic mass is 10.2. The van der Waals surface area contributed by atoms with Crippen molar-refractivity contribution in [3.8, 4) is 0 Å². The molecule has 0 saturated heterocycles. The molecule has 0 radical (unpaired) electrons. The van der Waals surface area contributed by atoms with Crippen molar-refractivity contribution >= 4 is 11.3 Å². The van der Waals surface area contributed by atoms with Crippen LogP contribution in [0.3, 0.4) is 0 Å². The summed E-state index contributed by atoms with van der Waals surface area (Å²) in [5, 5.41) is 4.27. The molecule has 0 aromatic carbocycles. The number of hydrogen-bond donors (Lipinski definition) is 1. The van der Waals surface area contributed by atoms with Crippen LogP contribution < -0.4 is 5.32 Å². The van der Waals surface area contributed by atoms with E-state index in [1.165, 1.54) is 4.88 Å². The van der Waals surface area contributed by atoms with E-state index in [0.29, 0.717) is 13.2 Å². The lowest BCUT2D eigenvalue weighted by Crippen LogP contribution is -2.24. The number of nitrogens with one attached hydrogen (secondary N) is 1. The molecule has 0 aliphatic rings. The molecular formula is C11H18F2N2OS. The molecule has 1 aromatic heterocycles. The molecule has 0 saturated carbocycles. The molecule has 0 spiro atoms. The van der Waals surface area contributed by atoms with Gasteiger partial charge in [0.05, 0.1) is 17.3 Å². The minimum absolute atomic E-state index is 0.177. The van der Waals surface area contributed by atoms with Crippen molar-refractivity contribution < 1.29 is 13.5 Å². The monoisotopic (exact) mass is 264 g/mol. The molecule has 0 amide bonds. The van der Waals surface area contributed by atoms with Gasteiger partial charge < -0.3 is 10.1 Å². The highest BCUT2D eigenvalue weighted by atomic mass is 32.1. The summed E-state index contributed by atoms with van der Waals surface area (Å²) < 4.78 is 28.4. The van der Waals surface area contributed by atoms with Gasteiger partial charge >= 0.3 is 0 Å². The van der Waals surface area contributed by atoms with E-state index in [4.69, 9.17) is 4.74 Å². The molecule has 98 valence electrons. The molecule has 0 fully saturated rings. The Morgan fingerprint density at radius 3 is 2.65 bits per heavy atom. The fourth-order valence-electron chi connectivity index (χ4n) is 1.56. The van der Waals surface area contributed by atoms with Crippen LogP contribution in [0.1, 0.15) is 28.5 Å². The van der Waals surface area contributed by atoms with Crippen molar-refractivity contribution in [3.05, 3.63) is 15.6 Å². The third kappa shape index (κ3) is 5.06. The summed E-state index contributed by atoms with van der Waals surface area (Å²) in [5.74, 6) is 0. The number of thiazole rings is 1. The molecule has 1 heterocycles. The minimum Gasteiger partial charge on any atom is -0.374 e. The summed E-state index contributed by atoms with van der Waals surface area (Å²) in [6, 6.07) is 0.177. The van der Waals surface area contributed by atoms with E-state index < -0.39 is 13.0 Å². The van der Waals surface area contributed by atoms with Gasteiger partial charge in [-0.2, -0.15) is 0 Å². The van der Waals surface area contributed by atoms with Crippen LogP contribution in [0.2, 0.25) is 0 Å². The maximum atomic E-state index is 11.8. The van der Waals surface area contributed by atoms with Gasteiger partial charge in [-0.25, -0.2) is 13.8 Å². The van der Waals surface area contributed by atoms with Gasteiger partial charge in [-0.1, -0.05) is 0 Å². The summed E-state index contributed by atoms with van der Waals surface area (Å²) in [5.41, 5.74) is 1.03. The standard InChI is InChI=1S/C11H18F2N2OS/c1-7(11-8(2)15-9(3)17-11)14-4-5-16-6-10(12)13/h7,10,14H,4-6H2,1-3H3. The number of nitrogens with zero attached hydrogens (tertiary/aromatic N) is 1. The Kier molecular flexibility index (Phi) is 5.94. The molecule has 17 heavy (non-hydrogen) atoms. The van der Waals surface area contributed by atoms with Gasteiger partial charge in [-0.05, 0) is 20.8 Å². The topological polar surface area (TPSA) is 34.2 Å². The van der Waals surface area contributed by atoms with Crippen molar-refractivity contribution in [2.24, 2.45) is 0 Å². The second-order valence-electron chi connectivity index (χ2n) is 3.82. The zero-order valence-corrected chi connectivity index (χ0v) is 11.1. The zero-order chi connectivity index (χ0) is 12.8. The van der Waals surface area contributed by atoms with Crippen molar-refractivity contribution in [2.45, 2.75) is 33.2 Å². The maximum Gasteiger partial charge on any atom is 0.261 e. The van der Waals surface area contributed by atoms with Crippen LogP contribution in [0.25, 0.3) is 0 Å². The minimum atomic E-state index is -2.39. The van der Waals surface area contributed by atoms with Crippen LogP contribution in [-0.2, 0) is 4.74 Å². The van der Waals surface area contributed by atoms with Gasteiger partial charge in [0.25, 0.3) is 6.43 Å². The number of ether oxygens (including phenoxy) is 1. The van der Waals surface area contributed by atoms with Crippen molar-refractivity contribution in [1.29, 1.82) is 0 Å². The highest BCUT2D eigenvalue weighted by Crippen LogP contribution is 2.23. The first kappa shape index (κ1) is 14.5. The van der Waals surface area contributed by atoms with Crippen LogP contribution in [0.4, 0.5) is 8.78 Å². The second kappa shape index (κ2) is 6.98. The molecule has 0 aliphatic heterocycles. The van der Waals surface area contributed by atoms with Gasteiger partial charge in [0.2, 0.25) is 0 Å². The zero-order valence-electron chi connectivity index (χ0n) is 10.3. The Labute approximate surface area is 104 Å². The fraction of sp³-hybridized carbons (Fsp3) is 0.727. The summed E-state index contributed by atoms with van der Waals surface area (Å²) in [7, 11) is 0. The SMILES string of the molecule is Cc1nc(C)c(C(C)NCCOCC(F)F)s1. The molecule has 0 bridgehead atoms. The third-order valence-electron chi connectivity index (χ3n) is 2.27. The van der Waals surface area contributed by atoms with Gasteiger partial charge in [0.1, 0.15) is 6.61 Å². The Morgan fingerprint density at radius 1 is 1.41 bits per heavy atom. The Balaban J connectivity index is 2.25. The molecular weight excluding hydrogens is 246 g/mol. The number of rotatable bonds is 7. The van der Waals surface area contributed by atoms with Crippen molar-refractivity contribution in [3.63, 3.8) is 0 Å². The third-order valence-corrected chi connectivity index (χ3v) is 3.53. The van der Waals surface area contributed by atoms with Gasteiger partial charge in [0, 0.05) is 17.5 Å². The van der Waals surface area contributed by atoms with E-state index in [-0.39, 0.29) is 6.04 Å². The van der Waals surface area contributed by atoms with E-state index >= 15 is 0 Å². The van der Waals surface area contributed by atoms with E-state index in [9.17, 15) is 8.78 Å². The number of hydrogen-bond acceptors (Lipinski definition) is 4. The highest BCUT2D eigenvalue weighted by Gasteiger charge is 2.12. The molecule has 0 aliphatic carbocycles. The smallest absolute Gasteiger partial charge is 0.261 e. The van der Waals surface area contributed by atoms with Gasteiger partial charge in [0.15, 0.2) is 0 Å². The molecule has 1 N–H and O–H groups in total. The predicted octanol–water partition coefficient (Wildman–Crippen LogP) is 2.69. The summed E-state index contributed by atoms with van der Waals surface area (Å²) in [4.78, 5) is 5.54. The quantitative estimate of drug-likeness (QED) is 0.769. The highest BCUT2D eigenvalue weighted by molar-refractivity contribution is 7.11. The van der Waals surface area contributed by atoms with E-state index in [1.807, 2.05) is 20.8 Å². The lowest BCUT2D eigenvalue weighted by Gasteiger charge is -2.12. The first-order valence-corrected chi connectivity index (χ1v) is 6.35. The summed E-state index contributed by atoms with van der Waals surface area (Å²) in [6.07, 6.45) is -2.39. The first-order chi connectivity index (χ1) is 8.00. The lowest BCUT2D eigenvalue weighted by molar-refractivity contribution is 0.0183. The second-order valence-corrected chi connectivity index (χ2v) is 5.06. The Morgan fingerprint density at radius 2 is 2.12 bits per heavy atom. The Hall–Kier alpha value is -0.590. The number of alkyl halides is 2. The van der Waals surface area contributed by atoms with E-state index in [2.05, 4.69) is 10.3 Å². The van der Waals surface area contributed by atoms with Crippen molar-refractivity contribution in [1.82, 2.24) is 10.3 Å². The van der Waals surface area contributed by atoms with Crippen LogP contribution in [0.5, 0.6) is 0 Å². The molecule has 3 nitrogen and oxygen atoms in total. The average Bonchev–Trinajstić information content (AvgIpc) is 2.56. The Bertz CT molecular complexity index is 344. The van der Waals surface area contributed by atoms with E-state index in [1.54, 1.807) is 11.3 Å². The largest absolute Gasteiger partial charge is 0.374 e. The van der Waals surface area contributed by atoms with Crippen LogP contribution >= 0.6 is 11.3 Å². The normalized spacial score (nSPS) is 13.3. The molecule has 1 aromatic rings. The fourth-order valence-corrected chi connectivity index (χ4v) is 2.52. The van der Waals surface area contributed by atoms with Gasteiger partial charge in [-0.15, -0.1) is 11.3 Å². The first-order valence-electron chi connectivity index (χ1n) is 5.54. The molecule has 6 heteroatoms. The predicted molar refractivity (Wildman–Crippen MR) is 64.8 cm³/mol. The molecule has 1 atom stereocenters. The number of aryl methyl sites for hydroxylation is 2. The number of aromatic nitrogens is 1. The van der Waals surface area contributed by atoms with Crippen LogP contribution in [0, 0.1) is 13.8 Å². The summed E-state index contributed by atoms with van der Waals surface area (Å²) >= 11 is 1.66. The number of halogens is 2. The molecule has 1 rings (SSSR count). The van der Waals surface area contributed by atoms with Crippen LogP contribution in [-0.4, -0.2) is 31.2 Å². The maximum absolute atomic E-state index is 11.8. The average molecular weight is 264 g/mol. The van der Waals surface area contributed by atoms with Crippen molar-refractivity contribution in [2.75, 3.05) is 19.8 Å². The van der Waals surface area contributed by atoms with Crippen LogP contribution in [0.15, 0.2) is 0 Å². The molecule has 1 unspecified atom stereocenters. The van der Waals surface area contributed by atoms with Gasteiger partial charge in [-0.3, -0.25) is 0 Å². The summed E-state index contributed by atoms with van der Waals surface area (Å²) in [6.45, 7) is 6.35.